The Hall–Kier alpha value is -0.370. The lowest BCUT2D eigenvalue weighted by Gasteiger charge is -2.61. The second-order valence-electron chi connectivity index (χ2n) is 10.3. The third kappa shape index (κ3) is 2.42. The van der Waals surface area contributed by atoms with Gasteiger partial charge in [0.15, 0.2) is 0 Å². The van der Waals surface area contributed by atoms with E-state index < -0.39 is 0 Å². The van der Waals surface area contributed by atoms with Gasteiger partial charge in [-0.25, -0.2) is 0 Å². The van der Waals surface area contributed by atoms with Gasteiger partial charge in [0.25, 0.3) is 0 Å². The highest BCUT2D eigenvalue weighted by atomic mass is 16.3. The van der Waals surface area contributed by atoms with E-state index in [1.54, 1.807) is 0 Å². The van der Waals surface area contributed by atoms with Crippen LogP contribution in [0.4, 0.5) is 0 Å². The number of carbonyl (C=O) groups excluding carboxylic acids is 1. The van der Waals surface area contributed by atoms with E-state index in [0.717, 1.165) is 12.8 Å². The first kappa shape index (κ1) is 18.0. The number of aliphatic hydroxyl groups excluding tert-OH is 1. The van der Waals surface area contributed by atoms with Gasteiger partial charge in [-0.3, -0.25) is 4.79 Å². The van der Waals surface area contributed by atoms with Crippen molar-refractivity contribution in [1.82, 2.24) is 0 Å². The predicted molar refractivity (Wildman–Crippen MR) is 101 cm³/mol. The quantitative estimate of drug-likeness (QED) is 0.759. The Morgan fingerprint density at radius 3 is 2.44 bits per heavy atom. The Morgan fingerprint density at radius 2 is 1.72 bits per heavy atom. The van der Waals surface area contributed by atoms with E-state index in [-0.39, 0.29) is 0 Å². The first-order valence-corrected chi connectivity index (χ1v) is 11.1. The summed E-state index contributed by atoms with van der Waals surface area (Å²) in [7, 11) is 0. The highest BCUT2D eigenvalue weighted by molar-refractivity contribution is 5.86. The van der Waals surface area contributed by atoms with Crippen LogP contribution in [-0.4, -0.2) is 17.5 Å². The van der Waals surface area contributed by atoms with Crippen molar-refractivity contribution in [2.24, 2.45) is 46.3 Å². The molecule has 142 valence electrons. The van der Waals surface area contributed by atoms with Gasteiger partial charge in [0.05, 0.1) is 0 Å². The Kier molecular flexibility index (Phi) is 4.58. The maximum Gasteiger partial charge on any atom is 0.139 e. The predicted octanol–water partition coefficient (Wildman–Crippen LogP) is 5.23. The van der Waals surface area contributed by atoms with Crippen LogP contribution < -0.4 is 0 Å². The minimum Gasteiger partial charge on any atom is -0.396 e. The van der Waals surface area contributed by atoms with E-state index in [4.69, 9.17) is 0 Å². The fraction of sp³-hybridized carbons (Fsp3) is 0.957. The molecule has 0 saturated heterocycles. The van der Waals surface area contributed by atoms with Gasteiger partial charge in [-0.1, -0.05) is 33.6 Å². The Labute approximate surface area is 154 Å². The van der Waals surface area contributed by atoms with Crippen molar-refractivity contribution in [2.75, 3.05) is 6.61 Å². The number of aliphatic hydroxyl groups is 1. The van der Waals surface area contributed by atoms with Gasteiger partial charge in [-0.2, -0.15) is 0 Å². The maximum absolute atomic E-state index is 13.7. The molecule has 2 nitrogen and oxygen atoms in total. The van der Waals surface area contributed by atoms with Crippen LogP contribution in [-0.2, 0) is 4.79 Å². The van der Waals surface area contributed by atoms with Gasteiger partial charge in [0.2, 0.25) is 0 Å². The van der Waals surface area contributed by atoms with Gasteiger partial charge in [0.1, 0.15) is 5.78 Å². The lowest BCUT2D eigenvalue weighted by Crippen LogP contribution is -2.59. The molecule has 2 heteroatoms. The maximum atomic E-state index is 13.7. The Bertz CT molecular complexity index is 528. The van der Waals surface area contributed by atoms with Gasteiger partial charge >= 0.3 is 0 Å². The molecule has 0 aromatic heterocycles. The summed E-state index contributed by atoms with van der Waals surface area (Å²) in [6.45, 7) is 7.59. The number of ketones is 1. The largest absolute Gasteiger partial charge is 0.396 e. The van der Waals surface area contributed by atoms with Crippen molar-refractivity contribution >= 4 is 5.78 Å². The molecule has 0 bridgehead atoms. The van der Waals surface area contributed by atoms with Crippen LogP contribution in [0.3, 0.4) is 0 Å². The lowest BCUT2D eigenvalue weighted by molar-refractivity contribution is -0.167. The number of hydrogen-bond acceptors (Lipinski definition) is 2. The molecule has 8 atom stereocenters. The number of rotatable bonds is 3. The molecule has 4 fully saturated rings. The molecule has 4 saturated carbocycles. The standard InChI is InChI=1S/C23H38O2/c1-4-16-17-7-5-6-12-23(17,3)19-10-13-22(2)15(11-14-24)8-9-18(22)20(19)21(16)25/h15-20,24H,4-14H2,1-3H3. The molecule has 4 rings (SSSR count). The van der Waals surface area contributed by atoms with Crippen LogP contribution in [0.1, 0.15) is 85.0 Å². The molecule has 0 aliphatic heterocycles. The molecular formula is C23H38O2. The molecule has 1 N–H and O–H groups in total. The van der Waals surface area contributed by atoms with Crippen molar-refractivity contribution in [3.63, 3.8) is 0 Å². The van der Waals surface area contributed by atoms with E-state index in [9.17, 15) is 9.90 Å². The van der Waals surface area contributed by atoms with Crippen molar-refractivity contribution in [1.29, 1.82) is 0 Å². The van der Waals surface area contributed by atoms with Gasteiger partial charge in [-0.15, -0.1) is 0 Å². The van der Waals surface area contributed by atoms with E-state index >= 15 is 0 Å². The van der Waals surface area contributed by atoms with E-state index in [1.165, 1.54) is 51.4 Å². The average Bonchev–Trinajstić information content (AvgIpc) is 2.93. The Balaban J connectivity index is 1.70. The summed E-state index contributed by atoms with van der Waals surface area (Å²) < 4.78 is 0. The monoisotopic (exact) mass is 346 g/mol. The molecule has 25 heavy (non-hydrogen) atoms. The number of fused-ring (bicyclic) bond motifs is 5. The zero-order valence-electron chi connectivity index (χ0n) is 16.6. The smallest absolute Gasteiger partial charge is 0.139 e. The molecule has 4 aliphatic carbocycles. The second-order valence-corrected chi connectivity index (χ2v) is 10.3. The fourth-order valence-corrected chi connectivity index (χ4v) is 8.45. The zero-order chi connectivity index (χ0) is 17.8. The van der Waals surface area contributed by atoms with Gasteiger partial charge in [-0.05, 0) is 85.9 Å². The molecule has 4 aliphatic rings. The van der Waals surface area contributed by atoms with Crippen LogP contribution in [0.5, 0.6) is 0 Å². The van der Waals surface area contributed by atoms with Crippen molar-refractivity contribution in [3.05, 3.63) is 0 Å². The molecule has 0 radical (unpaired) electrons. The summed E-state index contributed by atoms with van der Waals surface area (Å²) in [6, 6.07) is 0. The Morgan fingerprint density at radius 1 is 0.960 bits per heavy atom. The zero-order valence-corrected chi connectivity index (χ0v) is 16.6. The van der Waals surface area contributed by atoms with Gasteiger partial charge < -0.3 is 5.11 Å². The summed E-state index contributed by atoms with van der Waals surface area (Å²) in [5, 5.41) is 9.52. The second kappa shape index (κ2) is 6.36. The van der Waals surface area contributed by atoms with E-state index in [2.05, 4.69) is 20.8 Å². The summed E-state index contributed by atoms with van der Waals surface area (Å²) in [6.07, 6.45) is 12.3. The molecule has 0 spiro atoms. The number of Topliss-reactive ketones (excluding diaryl/α,β-unsaturated/α-hetero) is 1. The van der Waals surface area contributed by atoms with E-state index in [1.807, 2.05) is 0 Å². The molecular weight excluding hydrogens is 308 g/mol. The van der Waals surface area contributed by atoms with Crippen LogP contribution in [0.25, 0.3) is 0 Å². The summed E-state index contributed by atoms with van der Waals surface area (Å²) in [5.74, 6) is 3.81. The third-order valence-electron chi connectivity index (χ3n) is 9.74. The highest BCUT2D eigenvalue weighted by Gasteiger charge is 2.63. The third-order valence-corrected chi connectivity index (χ3v) is 9.74. The first-order chi connectivity index (χ1) is 12.0. The minimum absolute atomic E-state index is 0.301. The van der Waals surface area contributed by atoms with Crippen molar-refractivity contribution in [3.8, 4) is 0 Å². The van der Waals surface area contributed by atoms with Crippen LogP contribution in [0, 0.1) is 46.3 Å². The van der Waals surface area contributed by atoms with E-state index in [0.29, 0.717) is 58.7 Å². The molecule has 0 aromatic rings. The minimum atomic E-state index is 0.301. The van der Waals surface area contributed by atoms with Crippen LogP contribution in [0.2, 0.25) is 0 Å². The summed E-state index contributed by atoms with van der Waals surface area (Å²) in [5.41, 5.74) is 0.712. The van der Waals surface area contributed by atoms with Crippen molar-refractivity contribution in [2.45, 2.75) is 85.0 Å². The topological polar surface area (TPSA) is 37.3 Å². The first-order valence-electron chi connectivity index (χ1n) is 11.1. The SMILES string of the molecule is CCC1C(=O)C2C3CCC(CCO)C3(C)CCC2C2(C)CCCCC12. The van der Waals surface area contributed by atoms with Gasteiger partial charge in [0, 0.05) is 18.4 Å². The fourth-order valence-electron chi connectivity index (χ4n) is 8.45. The number of carbonyl (C=O) groups is 1. The molecule has 8 unspecified atom stereocenters. The highest BCUT2D eigenvalue weighted by Crippen LogP contribution is 2.68. The lowest BCUT2D eigenvalue weighted by atomic mass is 9.42. The summed E-state index contributed by atoms with van der Waals surface area (Å²) >= 11 is 0. The van der Waals surface area contributed by atoms with Crippen LogP contribution >= 0.6 is 0 Å². The summed E-state index contributed by atoms with van der Waals surface area (Å²) in [4.78, 5) is 13.7. The van der Waals surface area contributed by atoms with Crippen molar-refractivity contribution < 1.29 is 9.90 Å². The number of hydrogen-bond donors (Lipinski definition) is 1. The molecule has 0 heterocycles. The van der Waals surface area contributed by atoms with Crippen LogP contribution in [0.15, 0.2) is 0 Å². The normalized spacial score (nSPS) is 52.4. The average molecular weight is 347 g/mol. The molecule has 0 amide bonds. The molecule has 0 aromatic carbocycles.